The second-order valence-electron chi connectivity index (χ2n) is 5.22. The number of halogens is 1. The quantitative estimate of drug-likeness (QED) is 0.644. The molecule has 1 aromatic carbocycles. The van der Waals surface area contributed by atoms with Crippen molar-refractivity contribution in [2.75, 3.05) is 32.1 Å². The Morgan fingerprint density at radius 1 is 1.41 bits per heavy atom. The molecule has 2 rings (SSSR count). The van der Waals surface area contributed by atoms with Crippen LogP contribution in [-0.4, -0.2) is 49.0 Å². The van der Waals surface area contributed by atoms with Crippen LogP contribution in [0.25, 0.3) is 0 Å². The van der Waals surface area contributed by atoms with Crippen LogP contribution in [0.4, 0.5) is 0 Å². The number of hydrogen-bond acceptors (Lipinski definition) is 4. The summed E-state index contributed by atoms with van der Waals surface area (Å²) >= 11 is 5.00. The average molecular weight is 327 g/mol. The van der Waals surface area contributed by atoms with Crippen LogP contribution in [-0.2, 0) is 16.0 Å². The van der Waals surface area contributed by atoms with Crippen LogP contribution in [0.3, 0.4) is 0 Å². The molecule has 1 unspecified atom stereocenters. The molecule has 0 aliphatic carbocycles. The van der Waals surface area contributed by atoms with Crippen LogP contribution in [0.1, 0.15) is 25.3 Å². The number of ether oxygens (including phenoxy) is 1. The zero-order chi connectivity index (χ0) is 16.2. The fraction of sp³-hybridized carbons (Fsp3) is 0.588. The van der Waals surface area contributed by atoms with Crippen molar-refractivity contribution < 1.29 is 9.53 Å². The van der Waals surface area contributed by atoms with E-state index < -0.39 is 0 Å². The number of benzene rings is 1. The maximum absolute atomic E-state index is 11.1. The van der Waals surface area contributed by atoms with Crippen LogP contribution in [0.15, 0.2) is 30.3 Å². The minimum atomic E-state index is -0.310. The minimum Gasteiger partial charge on any atom is -0.463 e. The van der Waals surface area contributed by atoms with Gasteiger partial charge in [-0.15, -0.1) is 11.6 Å². The van der Waals surface area contributed by atoms with Gasteiger partial charge in [-0.25, -0.2) is 0 Å². The van der Waals surface area contributed by atoms with E-state index in [1.54, 1.807) is 0 Å². The van der Waals surface area contributed by atoms with E-state index in [0.29, 0.717) is 12.6 Å². The van der Waals surface area contributed by atoms with Crippen LogP contribution in [0.2, 0.25) is 0 Å². The molecule has 0 aromatic heterocycles. The smallest absolute Gasteiger partial charge is 0.319 e. The Morgan fingerprint density at radius 2 is 2.09 bits per heavy atom. The molecule has 0 spiro atoms. The second kappa shape index (κ2) is 11.5. The second-order valence-corrected chi connectivity index (χ2v) is 5.76. The number of carbonyl (C=O) groups excluding carboxylic acids is 1. The summed E-state index contributed by atoms with van der Waals surface area (Å²) in [6, 6.07) is 10.8. The van der Waals surface area contributed by atoms with Gasteiger partial charge in [0, 0.05) is 18.5 Å². The molecule has 4 nitrogen and oxygen atoms in total. The van der Waals surface area contributed by atoms with Gasteiger partial charge in [-0.2, -0.15) is 0 Å². The molecular weight excluding hydrogens is 300 g/mol. The van der Waals surface area contributed by atoms with E-state index in [-0.39, 0.29) is 12.5 Å². The van der Waals surface area contributed by atoms with Crippen molar-refractivity contribution in [2.24, 2.45) is 5.73 Å². The summed E-state index contributed by atoms with van der Waals surface area (Å²) in [5.74, 6) is 0.412. The summed E-state index contributed by atoms with van der Waals surface area (Å²) in [7, 11) is 0. The SMILES string of the molecule is CCCl.NCC(=O)OCC1CCCN1CCc1ccccc1. The van der Waals surface area contributed by atoms with E-state index in [1.807, 2.05) is 13.0 Å². The summed E-state index contributed by atoms with van der Waals surface area (Å²) in [5.41, 5.74) is 6.59. The Labute approximate surface area is 138 Å². The first-order valence-corrected chi connectivity index (χ1v) is 8.44. The standard InChI is InChI=1S/C15H22N2O2.C2H5Cl/c16-11-15(18)19-12-14-7-4-9-17(14)10-8-13-5-2-1-3-6-13;1-2-3/h1-3,5-6,14H,4,7-12,16H2;2H2,1H3. The van der Waals surface area contributed by atoms with Crippen molar-refractivity contribution in [1.82, 2.24) is 4.90 Å². The zero-order valence-corrected chi connectivity index (χ0v) is 14.1. The number of rotatable bonds is 6. The molecule has 22 heavy (non-hydrogen) atoms. The fourth-order valence-corrected chi connectivity index (χ4v) is 2.54. The molecule has 0 saturated carbocycles. The highest BCUT2D eigenvalue weighted by Crippen LogP contribution is 2.18. The van der Waals surface area contributed by atoms with Gasteiger partial charge in [0.1, 0.15) is 6.61 Å². The molecule has 1 atom stereocenters. The third kappa shape index (κ3) is 7.25. The van der Waals surface area contributed by atoms with Crippen LogP contribution in [0, 0.1) is 0 Å². The van der Waals surface area contributed by atoms with Crippen LogP contribution in [0.5, 0.6) is 0 Å². The maximum Gasteiger partial charge on any atom is 0.319 e. The molecule has 124 valence electrons. The predicted molar refractivity (Wildman–Crippen MR) is 91.1 cm³/mol. The number of alkyl halides is 1. The lowest BCUT2D eigenvalue weighted by Gasteiger charge is -2.24. The molecule has 2 N–H and O–H groups in total. The highest BCUT2D eigenvalue weighted by atomic mass is 35.5. The third-order valence-electron chi connectivity index (χ3n) is 3.63. The monoisotopic (exact) mass is 326 g/mol. The minimum absolute atomic E-state index is 0.0310. The summed E-state index contributed by atoms with van der Waals surface area (Å²) < 4.78 is 5.15. The van der Waals surface area contributed by atoms with Crippen molar-refractivity contribution >= 4 is 17.6 Å². The van der Waals surface area contributed by atoms with E-state index in [4.69, 9.17) is 22.1 Å². The molecule has 0 radical (unpaired) electrons. The highest BCUT2D eigenvalue weighted by molar-refractivity contribution is 6.17. The number of likely N-dealkylation sites (tertiary alicyclic amines) is 1. The van der Waals surface area contributed by atoms with Gasteiger partial charge in [0.25, 0.3) is 0 Å². The molecule has 1 fully saturated rings. The summed E-state index contributed by atoms with van der Waals surface area (Å²) in [5, 5.41) is 0. The number of carbonyl (C=O) groups is 1. The van der Waals surface area contributed by atoms with E-state index in [9.17, 15) is 4.79 Å². The molecule has 5 heteroatoms. The summed E-state index contributed by atoms with van der Waals surface area (Å²) in [6.07, 6.45) is 3.33. The lowest BCUT2D eigenvalue weighted by Crippen LogP contribution is -2.36. The number of nitrogens with zero attached hydrogens (tertiary/aromatic N) is 1. The van der Waals surface area contributed by atoms with Crippen molar-refractivity contribution in [3.63, 3.8) is 0 Å². The van der Waals surface area contributed by atoms with E-state index in [1.165, 1.54) is 12.0 Å². The molecule has 1 heterocycles. The Bertz CT molecular complexity index is 414. The Morgan fingerprint density at radius 3 is 2.73 bits per heavy atom. The molecule has 1 aliphatic rings. The molecule has 0 bridgehead atoms. The zero-order valence-electron chi connectivity index (χ0n) is 13.3. The highest BCUT2D eigenvalue weighted by Gasteiger charge is 2.25. The number of hydrogen-bond donors (Lipinski definition) is 1. The fourth-order valence-electron chi connectivity index (χ4n) is 2.54. The first-order valence-electron chi connectivity index (χ1n) is 7.90. The number of esters is 1. The number of nitrogens with two attached hydrogens (primary N) is 1. The molecular formula is C17H27ClN2O2. The van der Waals surface area contributed by atoms with Crippen molar-refractivity contribution in [1.29, 1.82) is 0 Å². The Hall–Kier alpha value is -1.10. The Balaban J connectivity index is 0.000000745. The predicted octanol–water partition coefficient (Wildman–Crippen LogP) is 2.44. The van der Waals surface area contributed by atoms with Gasteiger partial charge >= 0.3 is 5.97 Å². The lowest BCUT2D eigenvalue weighted by molar-refractivity contribution is -0.143. The van der Waals surface area contributed by atoms with Crippen molar-refractivity contribution in [2.45, 2.75) is 32.2 Å². The maximum atomic E-state index is 11.1. The first kappa shape index (κ1) is 18.9. The van der Waals surface area contributed by atoms with Crippen molar-refractivity contribution in [3.8, 4) is 0 Å². The van der Waals surface area contributed by atoms with Gasteiger partial charge in [-0.1, -0.05) is 37.3 Å². The normalized spacial score (nSPS) is 17.7. The molecule has 0 amide bonds. The summed E-state index contributed by atoms with van der Waals surface area (Å²) in [4.78, 5) is 13.5. The largest absolute Gasteiger partial charge is 0.463 e. The van der Waals surface area contributed by atoms with Crippen LogP contribution < -0.4 is 5.73 Å². The molecule has 1 saturated heterocycles. The van der Waals surface area contributed by atoms with E-state index >= 15 is 0 Å². The average Bonchev–Trinajstić information content (AvgIpc) is 3.00. The van der Waals surface area contributed by atoms with Gasteiger partial charge in [-0.05, 0) is 31.4 Å². The van der Waals surface area contributed by atoms with Crippen molar-refractivity contribution in [3.05, 3.63) is 35.9 Å². The molecule has 1 aromatic rings. The van der Waals surface area contributed by atoms with E-state index in [0.717, 1.165) is 31.8 Å². The third-order valence-corrected chi connectivity index (χ3v) is 3.63. The van der Waals surface area contributed by atoms with E-state index in [2.05, 4.69) is 29.2 Å². The van der Waals surface area contributed by atoms with Crippen LogP contribution >= 0.6 is 11.6 Å². The first-order chi connectivity index (χ1) is 10.7. The van der Waals surface area contributed by atoms with Gasteiger partial charge < -0.3 is 10.5 Å². The Kier molecular flexibility index (Phi) is 9.87. The topological polar surface area (TPSA) is 55.6 Å². The van der Waals surface area contributed by atoms with Gasteiger partial charge in [0.05, 0.1) is 6.54 Å². The van der Waals surface area contributed by atoms with Gasteiger partial charge in [0.15, 0.2) is 0 Å². The van der Waals surface area contributed by atoms with Gasteiger partial charge in [-0.3, -0.25) is 9.69 Å². The lowest BCUT2D eigenvalue weighted by atomic mass is 10.1. The molecule has 1 aliphatic heterocycles. The van der Waals surface area contributed by atoms with Gasteiger partial charge in [0.2, 0.25) is 0 Å². The summed E-state index contributed by atoms with van der Waals surface area (Å²) in [6.45, 7) is 4.45.